The minimum atomic E-state index is -0.467. The molecule has 0 bridgehead atoms. The van der Waals surface area contributed by atoms with Crippen LogP contribution in [-0.4, -0.2) is 35.3 Å². The van der Waals surface area contributed by atoms with Crippen LogP contribution in [0.25, 0.3) is 10.6 Å². The van der Waals surface area contributed by atoms with Gasteiger partial charge in [0.1, 0.15) is 5.01 Å². The summed E-state index contributed by atoms with van der Waals surface area (Å²) < 4.78 is 5.26. The second-order valence-electron chi connectivity index (χ2n) is 6.08. The molecular formula is C18H22N2O3S. The third-order valence-electron chi connectivity index (χ3n) is 4.45. The molecule has 3 rings (SSSR count). The number of hydrogen-bond acceptors (Lipinski definition) is 5. The molecule has 0 aliphatic heterocycles. The third kappa shape index (κ3) is 4.01. The molecule has 3 atom stereocenters. The highest BCUT2D eigenvalue weighted by Gasteiger charge is 2.32. The molecule has 0 spiro atoms. The zero-order chi connectivity index (χ0) is 16.9. The first-order valence-electron chi connectivity index (χ1n) is 8.15. The van der Waals surface area contributed by atoms with E-state index in [0.717, 1.165) is 16.3 Å². The Bertz CT molecular complexity index is 674. The van der Waals surface area contributed by atoms with E-state index in [2.05, 4.69) is 10.3 Å². The van der Waals surface area contributed by atoms with Crippen molar-refractivity contribution in [2.75, 3.05) is 7.11 Å². The van der Waals surface area contributed by atoms with Crippen molar-refractivity contribution in [3.8, 4) is 10.6 Å². The summed E-state index contributed by atoms with van der Waals surface area (Å²) in [4.78, 5) is 16.9. The first kappa shape index (κ1) is 17.1. The summed E-state index contributed by atoms with van der Waals surface area (Å²) >= 11 is 1.58. The van der Waals surface area contributed by atoms with Crippen molar-refractivity contribution in [3.05, 3.63) is 41.4 Å². The maximum Gasteiger partial charge on any atom is 0.223 e. The molecule has 2 aromatic rings. The Morgan fingerprint density at radius 1 is 1.38 bits per heavy atom. The molecule has 1 fully saturated rings. The molecule has 1 amide bonds. The zero-order valence-corrected chi connectivity index (χ0v) is 14.5. The van der Waals surface area contributed by atoms with Crippen molar-refractivity contribution >= 4 is 17.2 Å². The number of ether oxygens (including phenoxy) is 1. The number of carbonyl (C=O) groups excluding carboxylic acids is 1. The van der Waals surface area contributed by atoms with Crippen LogP contribution in [0.3, 0.4) is 0 Å². The molecule has 5 nitrogen and oxygen atoms in total. The fourth-order valence-corrected chi connectivity index (χ4v) is 3.85. The highest BCUT2D eigenvalue weighted by Crippen LogP contribution is 2.27. The molecule has 1 aromatic carbocycles. The molecule has 128 valence electrons. The Morgan fingerprint density at radius 3 is 2.92 bits per heavy atom. The van der Waals surface area contributed by atoms with Crippen molar-refractivity contribution in [1.29, 1.82) is 0 Å². The van der Waals surface area contributed by atoms with Crippen molar-refractivity contribution in [2.45, 2.75) is 38.0 Å². The van der Waals surface area contributed by atoms with Crippen LogP contribution in [0.5, 0.6) is 0 Å². The summed E-state index contributed by atoms with van der Waals surface area (Å²) in [5.41, 5.74) is 1.95. The normalized spacial score (nSPS) is 23.8. The average Bonchev–Trinajstić information content (AvgIpc) is 3.10. The number of amides is 1. The molecule has 0 radical (unpaired) electrons. The van der Waals surface area contributed by atoms with Crippen LogP contribution in [0.15, 0.2) is 35.7 Å². The summed E-state index contributed by atoms with van der Waals surface area (Å²) in [6.07, 6.45) is 1.14. The van der Waals surface area contributed by atoms with Gasteiger partial charge in [0.15, 0.2) is 0 Å². The van der Waals surface area contributed by atoms with Gasteiger partial charge in [0.05, 0.1) is 24.4 Å². The van der Waals surface area contributed by atoms with E-state index in [-0.39, 0.29) is 17.9 Å². The monoisotopic (exact) mass is 346 g/mol. The smallest absolute Gasteiger partial charge is 0.223 e. The van der Waals surface area contributed by atoms with E-state index in [4.69, 9.17) is 4.74 Å². The number of aliphatic hydroxyl groups is 1. The van der Waals surface area contributed by atoms with E-state index in [1.807, 2.05) is 35.7 Å². The van der Waals surface area contributed by atoms with Gasteiger partial charge in [-0.2, -0.15) is 0 Å². The Labute approximate surface area is 145 Å². The van der Waals surface area contributed by atoms with Crippen LogP contribution in [0, 0.1) is 5.92 Å². The maximum atomic E-state index is 12.3. The summed E-state index contributed by atoms with van der Waals surface area (Å²) in [6, 6.07) is 10.0. The summed E-state index contributed by atoms with van der Waals surface area (Å²) in [5, 5.41) is 15.7. The second-order valence-corrected chi connectivity index (χ2v) is 6.94. The van der Waals surface area contributed by atoms with E-state index in [0.29, 0.717) is 25.8 Å². The average molecular weight is 346 g/mol. The lowest BCUT2D eigenvalue weighted by molar-refractivity contribution is -0.130. The van der Waals surface area contributed by atoms with Crippen LogP contribution < -0.4 is 5.32 Å². The molecule has 24 heavy (non-hydrogen) atoms. The van der Waals surface area contributed by atoms with Crippen LogP contribution in [0.1, 0.15) is 25.0 Å². The van der Waals surface area contributed by atoms with Crippen LogP contribution >= 0.6 is 11.3 Å². The van der Waals surface area contributed by atoms with E-state index in [1.54, 1.807) is 18.4 Å². The quantitative estimate of drug-likeness (QED) is 0.873. The van der Waals surface area contributed by atoms with Crippen LogP contribution in [-0.2, 0) is 16.1 Å². The van der Waals surface area contributed by atoms with Gasteiger partial charge in [-0.05, 0) is 19.3 Å². The molecule has 0 saturated heterocycles. The van der Waals surface area contributed by atoms with Gasteiger partial charge in [-0.3, -0.25) is 4.79 Å². The molecule has 2 N–H and O–H groups in total. The Kier molecular flexibility index (Phi) is 5.60. The number of hydrogen-bond donors (Lipinski definition) is 2. The number of thiazole rings is 1. The SMILES string of the molecule is CO[C@@H]1C[C@H](C(=O)NCc2csc(-c3ccccc3)n2)CC[C@@H]1O. The van der Waals surface area contributed by atoms with Gasteiger partial charge in [0.25, 0.3) is 0 Å². The first-order chi connectivity index (χ1) is 11.7. The van der Waals surface area contributed by atoms with Crippen molar-refractivity contribution < 1.29 is 14.6 Å². The van der Waals surface area contributed by atoms with Gasteiger partial charge >= 0.3 is 0 Å². The minimum absolute atomic E-state index is 0.0122. The van der Waals surface area contributed by atoms with E-state index >= 15 is 0 Å². The molecular weight excluding hydrogens is 324 g/mol. The number of nitrogens with zero attached hydrogens (tertiary/aromatic N) is 1. The first-order valence-corrected chi connectivity index (χ1v) is 9.03. The number of benzene rings is 1. The van der Waals surface area contributed by atoms with E-state index in [9.17, 15) is 9.90 Å². The van der Waals surface area contributed by atoms with Gasteiger partial charge in [-0.15, -0.1) is 11.3 Å². The zero-order valence-electron chi connectivity index (χ0n) is 13.6. The van der Waals surface area contributed by atoms with Crippen LogP contribution in [0.2, 0.25) is 0 Å². The number of methoxy groups -OCH3 is 1. The van der Waals surface area contributed by atoms with Crippen molar-refractivity contribution in [3.63, 3.8) is 0 Å². The summed E-state index contributed by atoms with van der Waals surface area (Å²) in [7, 11) is 1.58. The lowest BCUT2D eigenvalue weighted by Crippen LogP contribution is -2.41. The summed E-state index contributed by atoms with van der Waals surface area (Å²) in [6.45, 7) is 0.429. The lowest BCUT2D eigenvalue weighted by Gasteiger charge is -2.31. The van der Waals surface area contributed by atoms with Gasteiger partial charge in [-0.1, -0.05) is 30.3 Å². The highest BCUT2D eigenvalue weighted by molar-refractivity contribution is 7.13. The Balaban J connectivity index is 1.54. The van der Waals surface area contributed by atoms with Gasteiger partial charge in [0.2, 0.25) is 5.91 Å². The lowest BCUT2D eigenvalue weighted by atomic mass is 9.84. The fourth-order valence-electron chi connectivity index (χ4n) is 3.03. The number of rotatable bonds is 5. The molecule has 0 unspecified atom stereocenters. The predicted molar refractivity (Wildman–Crippen MR) is 93.5 cm³/mol. The van der Waals surface area contributed by atoms with Crippen molar-refractivity contribution in [2.24, 2.45) is 5.92 Å². The maximum absolute atomic E-state index is 12.3. The minimum Gasteiger partial charge on any atom is -0.390 e. The molecule has 6 heteroatoms. The number of nitrogens with one attached hydrogen (secondary N) is 1. The number of aliphatic hydroxyl groups excluding tert-OH is 1. The molecule has 1 aliphatic carbocycles. The Hall–Kier alpha value is -1.76. The standard InChI is InChI=1S/C18H22N2O3S/c1-23-16-9-13(7-8-15(16)21)17(22)19-10-14-11-24-18(20-14)12-5-3-2-4-6-12/h2-6,11,13,15-16,21H,7-10H2,1H3,(H,19,22)/t13-,15+,16-/m1/s1. The molecule has 1 aromatic heterocycles. The van der Waals surface area contributed by atoms with E-state index in [1.165, 1.54) is 0 Å². The Morgan fingerprint density at radius 2 is 2.17 bits per heavy atom. The largest absolute Gasteiger partial charge is 0.390 e. The summed E-state index contributed by atoms with van der Waals surface area (Å²) in [5.74, 6) is -0.0937. The fraction of sp³-hybridized carbons (Fsp3) is 0.444. The van der Waals surface area contributed by atoms with Gasteiger partial charge < -0.3 is 15.2 Å². The van der Waals surface area contributed by atoms with Crippen molar-refractivity contribution in [1.82, 2.24) is 10.3 Å². The van der Waals surface area contributed by atoms with Gasteiger partial charge in [0, 0.05) is 24.0 Å². The van der Waals surface area contributed by atoms with Gasteiger partial charge in [-0.25, -0.2) is 4.98 Å². The topological polar surface area (TPSA) is 71.5 Å². The second kappa shape index (κ2) is 7.88. The van der Waals surface area contributed by atoms with Crippen LogP contribution in [0.4, 0.5) is 0 Å². The van der Waals surface area contributed by atoms with E-state index < -0.39 is 6.10 Å². The molecule has 1 heterocycles. The number of carbonyl (C=O) groups is 1. The highest BCUT2D eigenvalue weighted by atomic mass is 32.1. The predicted octanol–water partition coefficient (Wildman–Crippen LogP) is 2.60. The molecule has 1 aliphatic rings. The number of aromatic nitrogens is 1. The third-order valence-corrected chi connectivity index (χ3v) is 5.39. The molecule has 1 saturated carbocycles.